The van der Waals surface area contributed by atoms with Gasteiger partial charge in [0, 0.05) is 6.42 Å². The van der Waals surface area contributed by atoms with Crippen LogP contribution in [-0.4, -0.2) is 35.5 Å². The maximum atomic E-state index is 13.4. The molecule has 156 valence electrons. The van der Waals surface area contributed by atoms with E-state index in [2.05, 4.69) is 10.5 Å². The lowest BCUT2D eigenvalue weighted by Crippen LogP contribution is -2.45. The van der Waals surface area contributed by atoms with Gasteiger partial charge in [-0.1, -0.05) is 78.0 Å². The van der Waals surface area contributed by atoms with Crippen molar-refractivity contribution in [1.82, 2.24) is 0 Å². The van der Waals surface area contributed by atoms with Crippen LogP contribution in [0.15, 0.2) is 90.1 Å². The zero-order valence-corrected chi connectivity index (χ0v) is 16.9. The summed E-state index contributed by atoms with van der Waals surface area (Å²) in [6, 6.07) is 26.5. The van der Waals surface area contributed by atoms with Gasteiger partial charge in [-0.25, -0.2) is 0 Å². The fourth-order valence-electron chi connectivity index (χ4n) is 4.14. The first-order chi connectivity index (χ1) is 15.2. The lowest BCUT2D eigenvalue weighted by atomic mass is 10.0. The standard InChI is InChI=1S/C25H23N3O3/c29-24-23(18-11-5-2-6-12-18)26-20-13-7-8-14-22(20)28(25(24)30)16-19-15-21(27-31-19)17-9-3-1-4-10-17/h1-14,19,23-24,26,29H,15-16H2. The van der Waals surface area contributed by atoms with Gasteiger partial charge in [0.1, 0.15) is 0 Å². The summed E-state index contributed by atoms with van der Waals surface area (Å²) in [5, 5.41) is 18.6. The number of fused-ring (bicyclic) bond motifs is 1. The maximum Gasteiger partial charge on any atom is 0.258 e. The highest BCUT2D eigenvalue weighted by Crippen LogP contribution is 2.36. The van der Waals surface area contributed by atoms with Crippen molar-refractivity contribution >= 4 is 23.0 Å². The van der Waals surface area contributed by atoms with Crippen molar-refractivity contribution in [3.05, 3.63) is 96.1 Å². The molecule has 0 saturated heterocycles. The van der Waals surface area contributed by atoms with E-state index >= 15 is 0 Å². The van der Waals surface area contributed by atoms with Gasteiger partial charge in [-0.2, -0.15) is 0 Å². The molecule has 0 aliphatic carbocycles. The maximum absolute atomic E-state index is 13.4. The fourth-order valence-corrected chi connectivity index (χ4v) is 4.14. The van der Waals surface area contributed by atoms with Gasteiger partial charge >= 0.3 is 0 Å². The Morgan fingerprint density at radius 1 is 0.968 bits per heavy atom. The van der Waals surface area contributed by atoms with Crippen LogP contribution in [0.3, 0.4) is 0 Å². The van der Waals surface area contributed by atoms with Crippen LogP contribution in [0, 0.1) is 0 Å². The van der Waals surface area contributed by atoms with Gasteiger partial charge in [0.05, 0.1) is 29.7 Å². The molecule has 3 aromatic rings. The predicted molar refractivity (Wildman–Crippen MR) is 120 cm³/mol. The van der Waals surface area contributed by atoms with Gasteiger partial charge in [0.15, 0.2) is 12.2 Å². The van der Waals surface area contributed by atoms with Crippen LogP contribution in [0.25, 0.3) is 0 Å². The molecule has 0 spiro atoms. The second-order valence-corrected chi connectivity index (χ2v) is 7.78. The number of aliphatic hydroxyl groups is 1. The van der Waals surface area contributed by atoms with E-state index in [-0.39, 0.29) is 12.0 Å². The first kappa shape index (κ1) is 19.3. The molecular weight excluding hydrogens is 390 g/mol. The summed E-state index contributed by atoms with van der Waals surface area (Å²) in [6.45, 7) is 0.302. The van der Waals surface area contributed by atoms with Gasteiger partial charge in [0.2, 0.25) is 0 Å². The fraction of sp³-hybridized carbons (Fsp3) is 0.200. The molecule has 6 nitrogen and oxygen atoms in total. The lowest BCUT2D eigenvalue weighted by molar-refractivity contribution is -0.127. The molecule has 2 aliphatic heterocycles. The predicted octanol–water partition coefficient (Wildman–Crippen LogP) is 3.74. The Bertz CT molecular complexity index is 1100. The number of carbonyl (C=O) groups is 1. The van der Waals surface area contributed by atoms with Crippen LogP contribution in [0.5, 0.6) is 0 Å². The monoisotopic (exact) mass is 413 g/mol. The van der Waals surface area contributed by atoms with Crippen LogP contribution in [0.2, 0.25) is 0 Å². The van der Waals surface area contributed by atoms with Gasteiger partial charge in [-0.15, -0.1) is 0 Å². The Hall–Kier alpha value is -3.64. The number of anilines is 2. The third kappa shape index (κ3) is 3.78. The van der Waals surface area contributed by atoms with Crippen LogP contribution in [-0.2, 0) is 9.63 Å². The summed E-state index contributed by atoms with van der Waals surface area (Å²) in [5.74, 6) is -0.358. The lowest BCUT2D eigenvalue weighted by Gasteiger charge is -2.26. The van der Waals surface area contributed by atoms with Crippen LogP contribution in [0.4, 0.5) is 11.4 Å². The summed E-state index contributed by atoms with van der Waals surface area (Å²) in [6.07, 6.45) is -0.917. The number of hydrogen-bond acceptors (Lipinski definition) is 5. The first-order valence-corrected chi connectivity index (χ1v) is 10.4. The number of benzene rings is 3. The summed E-state index contributed by atoms with van der Waals surface area (Å²) >= 11 is 0. The number of nitrogens with zero attached hydrogens (tertiary/aromatic N) is 2. The minimum Gasteiger partial charge on any atom is -0.390 e. The number of rotatable bonds is 4. The van der Waals surface area contributed by atoms with E-state index in [1.807, 2.05) is 84.9 Å². The summed E-state index contributed by atoms with van der Waals surface area (Å²) in [4.78, 5) is 20.7. The summed E-state index contributed by atoms with van der Waals surface area (Å²) < 4.78 is 0. The van der Waals surface area contributed by atoms with E-state index in [1.54, 1.807) is 4.90 Å². The van der Waals surface area contributed by atoms with Crippen LogP contribution < -0.4 is 10.2 Å². The van der Waals surface area contributed by atoms with Crippen LogP contribution in [0.1, 0.15) is 23.6 Å². The number of nitrogens with one attached hydrogen (secondary N) is 1. The van der Waals surface area contributed by atoms with E-state index in [0.29, 0.717) is 13.0 Å². The Labute approximate surface area is 180 Å². The van der Waals surface area contributed by atoms with Crippen molar-refractivity contribution in [2.75, 3.05) is 16.8 Å². The molecule has 1 amide bonds. The molecule has 6 heteroatoms. The largest absolute Gasteiger partial charge is 0.390 e. The Morgan fingerprint density at radius 3 is 2.42 bits per heavy atom. The highest BCUT2D eigenvalue weighted by molar-refractivity contribution is 6.03. The van der Waals surface area contributed by atoms with Crippen molar-refractivity contribution in [3.63, 3.8) is 0 Å². The van der Waals surface area contributed by atoms with Gasteiger partial charge in [0.25, 0.3) is 5.91 Å². The quantitative estimate of drug-likeness (QED) is 0.683. The van der Waals surface area contributed by atoms with Crippen molar-refractivity contribution in [1.29, 1.82) is 0 Å². The molecule has 3 unspecified atom stereocenters. The molecule has 2 aliphatic rings. The van der Waals surface area contributed by atoms with Crippen LogP contribution >= 0.6 is 0 Å². The molecule has 2 N–H and O–H groups in total. The van der Waals surface area contributed by atoms with E-state index in [0.717, 1.165) is 28.2 Å². The second-order valence-electron chi connectivity index (χ2n) is 7.78. The van der Waals surface area contributed by atoms with Crippen molar-refractivity contribution in [3.8, 4) is 0 Å². The van der Waals surface area contributed by atoms with Crippen molar-refractivity contribution < 1.29 is 14.7 Å². The molecular formula is C25H23N3O3. The van der Waals surface area contributed by atoms with E-state index < -0.39 is 12.1 Å². The number of para-hydroxylation sites is 2. The third-order valence-electron chi connectivity index (χ3n) is 5.73. The molecule has 0 saturated carbocycles. The topological polar surface area (TPSA) is 74.2 Å². The molecule has 0 aromatic heterocycles. The van der Waals surface area contributed by atoms with Crippen molar-refractivity contribution in [2.24, 2.45) is 5.16 Å². The SMILES string of the molecule is O=C1C(O)C(c2ccccc2)Nc2ccccc2N1CC1CC(c2ccccc2)=NO1. The zero-order valence-electron chi connectivity index (χ0n) is 16.9. The number of carbonyl (C=O) groups excluding carboxylic acids is 1. The number of hydrogen-bond donors (Lipinski definition) is 2. The molecule has 31 heavy (non-hydrogen) atoms. The third-order valence-corrected chi connectivity index (χ3v) is 5.73. The number of aliphatic hydroxyl groups excluding tert-OH is 1. The van der Waals surface area contributed by atoms with Gasteiger partial charge < -0.3 is 20.2 Å². The molecule has 0 fully saturated rings. The average Bonchev–Trinajstić information content (AvgIpc) is 3.27. The second kappa shape index (κ2) is 8.24. The molecule has 0 radical (unpaired) electrons. The summed E-state index contributed by atoms with van der Waals surface area (Å²) in [5.41, 5.74) is 4.25. The molecule has 0 bridgehead atoms. The molecule has 5 rings (SSSR count). The zero-order chi connectivity index (χ0) is 21.2. The number of oxime groups is 1. The van der Waals surface area contributed by atoms with Crippen molar-refractivity contribution in [2.45, 2.75) is 24.7 Å². The highest BCUT2D eigenvalue weighted by atomic mass is 16.6. The molecule has 3 atom stereocenters. The smallest absolute Gasteiger partial charge is 0.258 e. The van der Waals surface area contributed by atoms with E-state index in [1.165, 1.54) is 0 Å². The number of amides is 1. The minimum absolute atomic E-state index is 0.285. The Morgan fingerprint density at radius 2 is 1.65 bits per heavy atom. The minimum atomic E-state index is -1.23. The highest BCUT2D eigenvalue weighted by Gasteiger charge is 2.38. The molecule has 3 aromatic carbocycles. The normalized spacial score (nSPS) is 22.7. The van der Waals surface area contributed by atoms with Gasteiger partial charge in [-0.05, 0) is 23.3 Å². The molecule has 2 heterocycles. The average molecular weight is 413 g/mol. The summed E-state index contributed by atoms with van der Waals surface area (Å²) in [7, 11) is 0. The van der Waals surface area contributed by atoms with E-state index in [9.17, 15) is 9.90 Å². The Kier molecular flexibility index (Phi) is 5.14. The van der Waals surface area contributed by atoms with Gasteiger partial charge in [-0.3, -0.25) is 4.79 Å². The first-order valence-electron chi connectivity index (χ1n) is 10.4. The van der Waals surface area contributed by atoms with E-state index in [4.69, 9.17) is 4.84 Å². The Balaban J connectivity index is 1.41.